The van der Waals surface area contributed by atoms with E-state index in [1.807, 2.05) is 0 Å². The molecule has 1 nitrogen and oxygen atoms in total. The Kier molecular flexibility index (Phi) is 4.78. The molecule has 0 aliphatic carbocycles. The van der Waals surface area contributed by atoms with E-state index in [1.54, 1.807) is 0 Å². The first-order valence-electron chi connectivity index (χ1n) is 3.92. The molecule has 56 valence electrons. The van der Waals surface area contributed by atoms with Gasteiger partial charge in [-0.1, -0.05) is 20.3 Å². The summed E-state index contributed by atoms with van der Waals surface area (Å²) in [6.07, 6.45) is 3.75. The van der Waals surface area contributed by atoms with Crippen LogP contribution in [0.4, 0.5) is 0 Å². The quantitative estimate of drug-likeness (QED) is 0.618. The molecular weight excluding hydrogens is 110 g/mol. The Labute approximate surface area is 58.6 Å². The third kappa shape index (κ3) is 5.84. The largest absolute Gasteiger partial charge is 0.328 e. The van der Waals surface area contributed by atoms with E-state index in [0.29, 0.717) is 6.04 Å². The molecule has 0 saturated heterocycles. The molecule has 0 aliphatic rings. The van der Waals surface area contributed by atoms with Gasteiger partial charge in [-0.25, -0.2) is 0 Å². The second-order valence-electron chi connectivity index (χ2n) is 3.07. The summed E-state index contributed by atoms with van der Waals surface area (Å²) < 4.78 is 0. The molecule has 0 aromatic carbocycles. The minimum Gasteiger partial charge on any atom is -0.328 e. The van der Waals surface area contributed by atoms with Gasteiger partial charge in [-0.05, 0) is 25.7 Å². The lowest BCUT2D eigenvalue weighted by Gasteiger charge is -2.09. The number of hydrogen-bond acceptors (Lipinski definition) is 1. The molecule has 0 saturated carbocycles. The Bertz CT molecular complexity index is 59.6. The van der Waals surface area contributed by atoms with Gasteiger partial charge < -0.3 is 5.73 Å². The lowest BCUT2D eigenvalue weighted by molar-refractivity contribution is 0.469. The van der Waals surface area contributed by atoms with Gasteiger partial charge >= 0.3 is 0 Å². The molecule has 9 heavy (non-hydrogen) atoms. The highest BCUT2D eigenvalue weighted by molar-refractivity contribution is 4.56. The van der Waals surface area contributed by atoms with Crippen molar-refractivity contribution in [2.45, 2.75) is 46.1 Å². The van der Waals surface area contributed by atoms with Crippen molar-refractivity contribution in [1.82, 2.24) is 0 Å². The van der Waals surface area contributed by atoms with Crippen LogP contribution in [0, 0.1) is 5.92 Å². The topological polar surface area (TPSA) is 26.0 Å². The Balaban J connectivity index is 3.06. The van der Waals surface area contributed by atoms with Crippen molar-refractivity contribution in [2.75, 3.05) is 0 Å². The van der Waals surface area contributed by atoms with E-state index in [0.717, 1.165) is 5.92 Å². The van der Waals surface area contributed by atoms with E-state index in [1.165, 1.54) is 19.3 Å². The first kappa shape index (κ1) is 8.96. The molecule has 0 amide bonds. The third-order valence-corrected chi connectivity index (χ3v) is 1.81. The minimum atomic E-state index is 0.388. The highest BCUT2D eigenvalue weighted by Gasteiger charge is 1.99. The van der Waals surface area contributed by atoms with Gasteiger partial charge in [0, 0.05) is 6.04 Å². The molecule has 2 N–H and O–H groups in total. The van der Waals surface area contributed by atoms with Crippen molar-refractivity contribution in [1.29, 1.82) is 0 Å². The average Bonchev–Trinajstić information content (AvgIpc) is 1.83. The molecule has 0 aromatic heterocycles. The standard InChI is InChI=1S/C8H19N/c1-4-7(2)5-6-8(3)9/h7-8H,4-6,9H2,1-3H3. The fourth-order valence-electron chi connectivity index (χ4n) is 0.752. The fourth-order valence-corrected chi connectivity index (χ4v) is 0.752. The Morgan fingerprint density at radius 2 is 1.78 bits per heavy atom. The molecule has 1 heteroatoms. The zero-order valence-electron chi connectivity index (χ0n) is 6.85. The first-order chi connectivity index (χ1) is 4.16. The highest BCUT2D eigenvalue weighted by Crippen LogP contribution is 2.09. The maximum Gasteiger partial charge on any atom is 0.00105 e. The fraction of sp³-hybridized carbons (Fsp3) is 1.00. The smallest absolute Gasteiger partial charge is 0.00105 e. The summed E-state index contributed by atoms with van der Waals surface area (Å²) >= 11 is 0. The van der Waals surface area contributed by atoms with Crippen molar-refractivity contribution in [2.24, 2.45) is 11.7 Å². The van der Waals surface area contributed by atoms with Crippen molar-refractivity contribution in [3.05, 3.63) is 0 Å². The zero-order valence-corrected chi connectivity index (χ0v) is 6.85. The van der Waals surface area contributed by atoms with Crippen LogP contribution < -0.4 is 5.73 Å². The van der Waals surface area contributed by atoms with Crippen LogP contribution in [-0.2, 0) is 0 Å². The summed E-state index contributed by atoms with van der Waals surface area (Å²) in [6.45, 7) is 6.58. The van der Waals surface area contributed by atoms with Crippen LogP contribution in [0.15, 0.2) is 0 Å². The van der Waals surface area contributed by atoms with E-state index in [9.17, 15) is 0 Å². The number of rotatable bonds is 4. The van der Waals surface area contributed by atoms with Gasteiger partial charge in [-0.2, -0.15) is 0 Å². The van der Waals surface area contributed by atoms with Crippen molar-refractivity contribution in [3.63, 3.8) is 0 Å². The molecule has 0 bridgehead atoms. The molecule has 0 spiro atoms. The van der Waals surface area contributed by atoms with E-state index in [-0.39, 0.29) is 0 Å². The van der Waals surface area contributed by atoms with Gasteiger partial charge in [-0.3, -0.25) is 0 Å². The van der Waals surface area contributed by atoms with Gasteiger partial charge in [0.05, 0.1) is 0 Å². The van der Waals surface area contributed by atoms with Gasteiger partial charge in [-0.15, -0.1) is 0 Å². The lowest BCUT2D eigenvalue weighted by Crippen LogP contribution is -2.15. The molecule has 2 unspecified atom stereocenters. The highest BCUT2D eigenvalue weighted by atomic mass is 14.6. The van der Waals surface area contributed by atoms with Gasteiger partial charge in [0.1, 0.15) is 0 Å². The first-order valence-corrected chi connectivity index (χ1v) is 3.92. The van der Waals surface area contributed by atoms with Crippen LogP contribution in [0.3, 0.4) is 0 Å². The Morgan fingerprint density at radius 3 is 2.11 bits per heavy atom. The zero-order chi connectivity index (χ0) is 7.28. The summed E-state index contributed by atoms with van der Waals surface area (Å²) in [5, 5.41) is 0. The van der Waals surface area contributed by atoms with E-state index in [4.69, 9.17) is 5.73 Å². The Morgan fingerprint density at radius 1 is 1.22 bits per heavy atom. The predicted octanol–water partition coefficient (Wildman–Crippen LogP) is 2.16. The minimum absolute atomic E-state index is 0.388. The maximum absolute atomic E-state index is 5.60. The van der Waals surface area contributed by atoms with Crippen LogP contribution in [0.2, 0.25) is 0 Å². The van der Waals surface area contributed by atoms with Crippen molar-refractivity contribution < 1.29 is 0 Å². The molecule has 0 fully saturated rings. The van der Waals surface area contributed by atoms with Crippen LogP contribution in [-0.4, -0.2) is 6.04 Å². The summed E-state index contributed by atoms with van der Waals surface area (Å²) in [6, 6.07) is 0.388. The molecule has 0 radical (unpaired) electrons. The third-order valence-electron chi connectivity index (χ3n) is 1.81. The van der Waals surface area contributed by atoms with Gasteiger partial charge in [0.2, 0.25) is 0 Å². The molecule has 0 heterocycles. The Hall–Kier alpha value is -0.0400. The van der Waals surface area contributed by atoms with Crippen LogP contribution in [0.5, 0.6) is 0 Å². The van der Waals surface area contributed by atoms with Crippen molar-refractivity contribution in [3.8, 4) is 0 Å². The second-order valence-corrected chi connectivity index (χ2v) is 3.07. The van der Waals surface area contributed by atoms with Gasteiger partial charge in [0.15, 0.2) is 0 Å². The molecule has 0 aromatic rings. The summed E-state index contributed by atoms with van der Waals surface area (Å²) in [5.41, 5.74) is 5.60. The summed E-state index contributed by atoms with van der Waals surface area (Å²) in [5.74, 6) is 0.857. The molecule has 0 aliphatic heterocycles. The second kappa shape index (κ2) is 4.80. The van der Waals surface area contributed by atoms with E-state index in [2.05, 4.69) is 20.8 Å². The normalized spacial score (nSPS) is 17.3. The van der Waals surface area contributed by atoms with Crippen LogP contribution in [0.25, 0.3) is 0 Å². The average molecular weight is 129 g/mol. The van der Waals surface area contributed by atoms with Crippen LogP contribution >= 0.6 is 0 Å². The number of hydrogen-bond donors (Lipinski definition) is 1. The van der Waals surface area contributed by atoms with E-state index < -0.39 is 0 Å². The number of nitrogens with two attached hydrogens (primary N) is 1. The molecular formula is C8H19N. The monoisotopic (exact) mass is 129 g/mol. The van der Waals surface area contributed by atoms with Gasteiger partial charge in [0.25, 0.3) is 0 Å². The van der Waals surface area contributed by atoms with Crippen molar-refractivity contribution >= 4 is 0 Å². The molecule has 2 atom stereocenters. The molecule has 0 rings (SSSR count). The SMILES string of the molecule is CCC(C)CCC(C)N. The summed E-state index contributed by atoms with van der Waals surface area (Å²) in [7, 11) is 0. The summed E-state index contributed by atoms with van der Waals surface area (Å²) in [4.78, 5) is 0. The van der Waals surface area contributed by atoms with E-state index >= 15 is 0 Å². The maximum atomic E-state index is 5.60. The predicted molar refractivity (Wildman–Crippen MR) is 42.3 cm³/mol. The lowest BCUT2D eigenvalue weighted by atomic mass is 10.0. The van der Waals surface area contributed by atoms with Crippen LogP contribution in [0.1, 0.15) is 40.0 Å².